The maximum atomic E-state index is 4.71. The fraction of sp³-hybridized carbons (Fsp3) is 0.333. The lowest BCUT2D eigenvalue weighted by Crippen LogP contribution is -2.32. The number of rotatable bonds is 3. The Morgan fingerprint density at radius 3 is 2.35 bits per heavy atom. The second-order valence-corrected chi connectivity index (χ2v) is 9.82. The zero-order chi connectivity index (χ0) is 22.3. The normalized spacial score (nSPS) is 11.8. The summed E-state index contributed by atoms with van der Waals surface area (Å²) < 4.78 is 2.12. The van der Waals surface area contributed by atoms with E-state index in [1.807, 2.05) is 18.7 Å². The van der Waals surface area contributed by atoms with Crippen LogP contribution in [0.2, 0.25) is 0 Å². The van der Waals surface area contributed by atoms with Crippen molar-refractivity contribution >= 4 is 10.9 Å². The number of benzene rings is 2. The predicted octanol–water partition coefficient (Wildman–Crippen LogP) is 5.70. The van der Waals surface area contributed by atoms with Gasteiger partial charge in [-0.2, -0.15) is 0 Å². The Labute approximate surface area is 185 Å². The largest absolute Gasteiger partial charge is 0.287 e. The van der Waals surface area contributed by atoms with Gasteiger partial charge in [-0.05, 0) is 66.9 Å². The first kappa shape index (κ1) is 21.1. The predicted molar refractivity (Wildman–Crippen MR) is 127 cm³/mol. The number of aryl methyl sites for hydroxylation is 3. The van der Waals surface area contributed by atoms with Crippen molar-refractivity contribution in [3.8, 4) is 22.5 Å². The number of aromatic nitrogens is 4. The van der Waals surface area contributed by atoms with Crippen molar-refractivity contribution in [2.75, 3.05) is 0 Å². The average molecular weight is 412 g/mol. The first-order valence-electron chi connectivity index (χ1n) is 10.8. The van der Waals surface area contributed by atoms with Crippen molar-refractivity contribution in [3.63, 3.8) is 0 Å². The van der Waals surface area contributed by atoms with Crippen LogP contribution in [-0.4, -0.2) is 15.0 Å². The van der Waals surface area contributed by atoms with E-state index >= 15 is 0 Å². The molecule has 0 saturated carbocycles. The summed E-state index contributed by atoms with van der Waals surface area (Å²) in [6, 6.07) is 10.9. The standard InChI is InChI=1S/C27H31N4/c1-17-10-18(2)19(3)23(11-17)26-22-9-8-20(12-24(22)30-16-31(26)7)25-15-28-21(14-29-25)13-27(4,5)6/h8-12,14-16H,13H2,1-7H3/q+1. The maximum absolute atomic E-state index is 4.71. The molecule has 0 bridgehead atoms. The van der Waals surface area contributed by atoms with Gasteiger partial charge in [-0.1, -0.05) is 38.5 Å². The summed E-state index contributed by atoms with van der Waals surface area (Å²) in [4.78, 5) is 14.0. The van der Waals surface area contributed by atoms with E-state index in [0.717, 1.165) is 34.3 Å². The Hall–Kier alpha value is -3.14. The molecule has 31 heavy (non-hydrogen) atoms. The van der Waals surface area contributed by atoms with Crippen LogP contribution in [0.4, 0.5) is 0 Å². The zero-order valence-corrected chi connectivity index (χ0v) is 19.6. The van der Waals surface area contributed by atoms with Gasteiger partial charge in [-0.3, -0.25) is 9.97 Å². The molecule has 4 heteroatoms. The fourth-order valence-electron chi connectivity index (χ4n) is 4.15. The first-order valence-corrected chi connectivity index (χ1v) is 10.8. The smallest absolute Gasteiger partial charge is 0.257 e. The molecular formula is C27H31N4+. The monoisotopic (exact) mass is 411 g/mol. The van der Waals surface area contributed by atoms with E-state index < -0.39 is 0 Å². The van der Waals surface area contributed by atoms with E-state index in [1.165, 1.54) is 27.9 Å². The van der Waals surface area contributed by atoms with Gasteiger partial charge < -0.3 is 0 Å². The van der Waals surface area contributed by atoms with Crippen LogP contribution >= 0.6 is 0 Å². The molecule has 0 spiro atoms. The first-order chi connectivity index (χ1) is 14.6. The third kappa shape index (κ3) is 4.34. The van der Waals surface area contributed by atoms with Gasteiger partial charge in [-0.15, -0.1) is 0 Å². The quantitative estimate of drug-likeness (QED) is 0.406. The van der Waals surface area contributed by atoms with Crippen LogP contribution < -0.4 is 4.57 Å². The highest BCUT2D eigenvalue weighted by molar-refractivity contribution is 5.93. The molecule has 0 atom stereocenters. The van der Waals surface area contributed by atoms with Crippen LogP contribution in [0.15, 0.2) is 49.1 Å². The third-order valence-electron chi connectivity index (χ3n) is 5.75. The highest BCUT2D eigenvalue weighted by Gasteiger charge is 2.19. The van der Waals surface area contributed by atoms with Crippen molar-refractivity contribution < 1.29 is 4.57 Å². The van der Waals surface area contributed by atoms with Crippen molar-refractivity contribution in [1.29, 1.82) is 0 Å². The van der Waals surface area contributed by atoms with Gasteiger partial charge in [0.1, 0.15) is 5.69 Å². The summed E-state index contributed by atoms with van der Waals surface area (Å²) in [5.74, 6) is 0. The summed E-state index contributed by atoms with van der Waals surface area (Å²) in [5.41, 5.74) is 10.4. The molecule has 4 nitrogen and oxygen atoms in total. The lowest BCUT2D eigenvalue weighted by atomic mass is 9.91. The molecule has 2 aromatic carbocycles. The Bertz CT molecular complexity index is 1270. The van der Waals surface area contributed by atoms with E-state index in [-0.39, 0.29) is 5.41 Å². The average Bonchev–Trinajstić information content (AvgIpc) is 2.70. The van der Waals surface area contributed by atoms with E-state index in [4.69, 9.17) is 4.98 Å². The Morgan fingerprint density at radius 1 is 0.903 bits per heavy atom. The molecule has 0 fully saturated rings. The number of hydrogen-bond donors (Lipinski definition) is 0. The summed E-state index contributed by atoms with van der Waals surface area (Å²) >= 11 is 0. The van der Waals surface area contributed by atoms with E-state index in [1.54, 1.807) is 0 Å². The highest BCUT2D eigenvalue weighted by Crippen LogP contribution is 2.31. The van der Waals surface area contributed by atoms with Gasteiger partial charge in [-0.25, -0.2) is 4.57 Å². The molecule has 0 aliphatic carbocycles. The van der Waals surface area contributed by atoms with Crippen molar-refractivity contribution in [2.24, 2.45) is 12.5 Å². The van der Waals surface area contributed by atoms with Gasteiger partial charge in [0.15, 0.2) is 5.52 Å². The summed E-state index contributed by atoms with van der Waals surface area (Å²) in [7, 11) is 2.06. The molecule has 2 aromatic heterocycles. The molecule has 0 saturated heterocycles. The SMILES string of the molecule is Cc1cc(C)c(C)c(-c2c3ccc(-c4cnc(CC(C)(C)C)cn4)cc3nc[n+]2C)c1. The molecule has 0 amide bonds. The van der Waals surface area contributed by atoms with Gasteiger partial charge >= 0.3 is 0 Å². The Balaban J connectivity index is 1.79. The van der Waals surface area contributed by atoms with Gasteiger partial charge in [0.25, 0.3) is 6.33 Å². The van der Waals surface area contributed by atoms with E-state index in [2.05, 4.69) is 93.5 Å². The zero-order valence-electron chi connectivity index (χ0n) is 19.6. The van der Waals surface area contributed by atoms with E-state index in [9.17, 15) is 0 Å². The van der Waals surface area contributed by atoms with Crippen LogP contribution in [0.25, 0.3) is 33.4 Å². The molecule has 0 N–H and O–H groups in total. The Kier molecular flexibility index (Phi) is 5.34. The molecule has 158 valence electrons. The molecule has 4 aromatic rings. The van der Waals surface area contributed by atoms with Crippen molar-refractivity contribution in [1.82, 2.24) is 15.0 Å². The molecule has 0 aliphatic heterocycles. The minimum Gasteiger partial charge on any atom is -0.257 e. The van der Waals surface area contributed by atoms with Crippen LogP contribution in [-0.2, 0) is 13.5 Å². The minimum absolute atomic E-state index is 0.196. The molecule has 0 radical (unpaired) electrons. The second kappa shape index (κ2) is 7.84. The number of fused-ring (bicyclic) bond motifs is 1. The third-order valence-corrected chi connectivity index (χ3v) is 5.75. The van der Waals surface area contributed by atoms with Crippen molar-refractivity contribution in [2.45, 2.75) is 48.0 Å². The van der Waals surface area contributed by atoms with Gasteiger partial charge in [0.2, 0.25) is 0 Å². The molecule has 0 unspecified atom stereocenters. The number of hydrogen-bond acceptors (Lipinski definition) is 3. The van der Waals surface area contributed by atoms with Crippen LogP contribution in [0.3, 0.4) is 0 Å². The number of nitrogens with zero attached hydrogens (tertiary/aromatic N) is 4. The Morgan fingerprint density at radius 2 is 1.68 bits per heavy atom. The van der Waals surface area contributed by atoms with Gasteiger partial charge in [0.05, 0.1) is 30.0 Å². The van der Waals surface area contributed by atoms with Gasteiger partial charge in [0, 0.05) is 17.3 Å². The van der Waals surface area contributed by atoms with Crippen LogP contribution in [0.5, 0.6) is 0 Å². The molecular weight excluding hydrogens is 380 g/mol. The summed E-state index contributed by atoms with van der Waals surface area (Å²) in [6.07, 6.45) is 6.58. The van der Waals surface area contributed by atoms with Crippen LogP contribution in [0.1, 0.15) is 43.2 Å². The highest BCUT2D eigenvalue weighted by atomic mass is 15.0. The molecule has 2 heterocycles. The minimum atomic E-state index is 0.196. The lowest BCUT2D eigenvalue weighted by molar-refractivity contribution is -0.662. The van der Waals surface area contributed by atoms with Crippen LogP contribution in [0, 0.1) is 26.2 Å². The maximum Gasteiger partial charge on any atom is 0.287 e. The fourth-order valence-corrected chi connectivity index (χ4v) is 4.15. The lowest BCUT2D eigenvalue weighted by Gasteiger charge is -2.17. The molecule has 0 aliphatic rings. The second-order valence-electron chi connectivity index (χ2n) is 9.82. The van der Waals surface area contributed by atoms with Crippen molar-refractivity contribution in [3.05, 3.63) is 71.4 Å². The molecule has 4 rings (SSSR count). The summed E-state index contributed by atoms with van der Waals surface area (Å²) in [5, 5.41) is 1.14. The topological polar surface area (TPSA) is 42.6 Å². The summed E-state index contributed by atoms with van der Waals surface area (Å²) in [6.45, 7) is 13.2. The van der Waals surface area contributed by atoms with E-state index in [0.29, 0.717) is 0 Å².